The molecule has 1 fully saturated rings. The van der Waals surface area contributed by atoms with E-state index in [1.54, 1.807) is 6.07 Å². The Kier molecular flexibility index (Phi) is 3.74. The molecule has 1 aliphatic heterocycles. The molecule has 4 heteroatoms. The Morgan fingerprint density at radius 1 is 1.56 bits per heavy atom. The summed E-state index contributed by atoms with van der Waals surface area (Å²) in [7, 11) is 0. The third kappa shape index (κ3) is 2.93. The first kappa shape index (κ1) is 11.4. The Hall–Kier alpha value is -1.13. The van der Waals surface area contributed by atoms with Gasteiger partial charge in [-0.15, -0.1) is 0 Å². The predicted molar refractivity (Wildman–Crippen MR) is 61.2 cm³/mol. The largest absolute Gasteiger partial charge is 0.506 e. The average Bonchev–Trinajstić information content (AvgIpc) is 2.32. The highest BCUT2D eigenvalue weighted by atomic mass is 16.5. The van der Waals surface area contributed by atoms with E-state index in [0.29, 0.717) is 6.10 Å². The number of aromatic nitrogens is 1. The summed E-state index contributed by atoms with van der Waals surface area (Å²) in [6, 6.07) is 3.55. The average molecular weight is 222 g/mol. The lowest BCUT2D eigenvalue weighted by molar-refractivity contribution is -0.0328. The molecule has 16 heavy (non-hydrogen) atoms. The van der Waals surface area contributed by atoms with Crippen molar-refractivity contribution in [2.24, 2.45) is 0 Å². The van der Waals surface area contributed by atoms with Crippen LogP contribution in [0.25, 0.3) is 0 Å². The Morgan fingerprint density at radius 3 is 3.12 bits per heavy atom. The molecule has 0 spiro atoms. The number of rotatable bonds is 3. The van der Waals surface area contributed by atoms with Gasteiger partial charge in [-0.25, -0.2) is 0 Å². The van der Waals surface area contributed by atoms with E-state index >= 15 is 0 Å². The van der Waals surface area contributed by atoms with Crippen molar-refractivity contribution >= 4 is 0 Å². The van der Waals surface area contributed by atoms with Crippen molar-refractivity contribution in [2.45, 2.75) is 26.0 Å². The molecule has 2 rings (SSSR count). The smallest absolute Gasteiger partial charge is 0.133 e. The molecule has 1 atom stereocenters. The van der Waals surface area contributed by atoms with Gasteiger partial charge in [0.15, 0.2) is 0 Å². The predicted octanol–water partition coefficient (Wildman–Crippen LogP) is 1.40. The fraction of sp³-hybridized carbons (Fsp3) is 0.583. The molecular weight excluding hydrogens is 204 g/mol. The van der Waals surface area contributed by atoms with E-state index in [-0.39, 0.29) is 5.75 Å². The van der Waals surface area contributed by atoms with Gasteiger partial charge in [0.25, 0.3) is 0 Å². The molecule has 1 aromatic heterocycles. The van der Waals surface area contributed by atoms with Gasteiger partial charge in [0, 0.05) is 19.6 Å². The second-order valence-corrected chi connectivity index (χ2v) is 4.14. The van der Waals surface area contributed by atoms with Crippen LogP contribution in [-0.2, 0) is 11.3 Å². The zero-order valence-electron chi connectivity index (χ0n) is 9.59. The Balaban J connectivity index is 1.91. The molecule has 88 valence electrons. The molecule has 0 aliphatic carbocycles. The third-order valence-electron chi connectivity index (χ3n) is 2.87. The van der Waals surface area contributed by atoms with Gasteiger partial charge in [0.2, 0.25) is 0 Å². The van der Waals surface area contributed by atoms with Gasteiger partial charge in [-0.1, -0.05) is 6.92 Å². The molecule has 1 saturated heterocycles. The highest BCUT2D eigenvalue weighted by molar-refractivity contribution is 5.17. The number of aromatic hydroxyl groups is 1. The molecule has 2 heterocycles. The van der Waals surface area contributed by atoms with Crippen molar-refractivity contribution in [1.82, 2.24) is 9.88 Å². The first-order chi connectivity index (χ1) is 7.78. The third-order valence-corrected chi connectivity index (χ3v) is 2.87. The summed E-state index contributed by atoms with van der Waals surface area (Å²) in [5.74, 6) is 0.220. The second-order valence-electron chi connectivity index (χ2n) is 4.14. The Bertz CT molecular complexity index is 326. The van der Waals surface area contributed by atoms with E-state index in [1.807, 2.05) is 6.07 Å². The Labute approximate surface area is 95.9 Å². The molecule has 0 radical (unpaired) electrons. The summed E-state index contributed by atoms with van der Waals surface area (Å²) in [6.45, 7) is 5.71. The first-order valence-corrected chi connectivity index (χ1v) is 5.75. The van der Waals surface area contributed by atoms with Crippen LogP contribution in [0, 0.1) is 0 Å². The van der Waals surface area contributed by atoms with Crippen molar-refractivity contribution < 1.29 is 9.84 Å². The lowest BCUT2D eigenvalue weighted by Crippen LogP contribution is -2.41. The van der Waals surface area contributed by atoms with Crippen LogP contribution >= 0.6 is 0 Å². The molecule has 0 saturated carbocycles. The second kappa shape index (κ2) is 5.27. The zero-order valence-corrected chi connectivity index (χ0v) is 9.59. The van der Waals surface area contributed by atoms with E-state index in [2.05, 4.69) is 16.8 Å². The number of hydrogen-bond donors (Lipinski definition) is 1. The molecule has 0 bridgehead atoms. The van der Waals surface area contributed by atoms with Crippen LogP contribution in [0.1, 0.15) is 19.0 Å². The Morgan fingerprint density at radius 2 is 2.44 bits per heavy atom. The fourth-order valence-electron chi connectivity index (χ4n) is 1.91. The van der Waals surface area contributed by atoms with Gasteiger partial charge >= 0.3 is 0 Å². The first-order valence-electron chi connectivity index (χ1n) is 5.75. The molecule has 0 aromatic carbocycles. The highest BCUT2D eigenvalue weighted by Gasteiger charge is 2.18. The molecule has 1 unspecified atom stereocenters. The quantitative estimate of drug-likeness (QED) is 0.839. The van der Waals surface area contributed by atoms with Crippen molar-refractivity contribution in [2.75, 3.05) is 19.7 Å². The van der Waals surface area contributed by atoms with Crippen LogP contribution in [0.4, 0.5) is 0 Å². The molecule has 1 N–H and O–H groups in total. The van der Waals surface area contributed by atoms with Crippen LogP contribution in [0.3, 0.4) is 0 Å². The minimum atomic E-state index is 0.220. The van der Waals surface area contributed by atoms with Gasteiger partial charge in [-0.2, -0.15) is 0 Å². The van der Waals surface area contributed by atoms with E-state index in [0.717, 1.165) is 38.4 Å². The van der Waals surface area contributed by atoms with Gasteiger partial charge in [0.1, 0.15) is 5.75 Å². The number of ether oxygens (including phenoxy) is 1. The minimum Gasteiger partial charge on any atom is -0.506 e. The van der Waals surface area contributed by atoms with E-state index < -0.39 is 0 Å². The van der Waals surface area contributed by atoms with Crippen molar-refractivity contribution in [1.29, 1.82) is 0 Å². The number of nitrogens with zero attached hydrogens (tertiary/aromatic N) is 2. The number of morpholine rings is 1. The summed E-state index contributed by atoms with van der Waals surface area (Å²) in [6.07, 6.45) is 2.90. The van der Waals surface area contributed by atoms with Gasteiger partial charge in [-0.3, -0.25) is 9.88 Å². The van der Waals surface area contributed by atoms with Gasteiger partial charge in [-0.05, 0) is 18.6 Å². The van der Waals surface area contributed by atoms with Crippen LogP contribution in [0.5, 0.6) is 5.75 Å². The SMILES string of the molecule is CCC1CN(Cc2ccc(O)cn2)CCO1. The lowest BCUT2D eigenvalue weighted by Gasteiger charge is -2.32. The molecule has 4 nitrogen and oxygen atoms in total. The molecular formula is C12H18N2O2. The molecule has 0 amide bonds. The van der Waals surface area contributed by atoms with E-state index in [1.165, 1.54) is 6.20 Å². The number of pyridine rings is 1. The highest BCUT2D eigenvalue weighted by Crippen LogP contribution is 2.12. The summed E-state index contributed by atoms with van der Waals surface area (Å²) < 4.78 is 5.61. The molecule has 1 aliphatic rings. The van der Waals surface area contributed by atoms with Crippen LogP contribution in [0.2, 0.25) is 0 Å². The summed E-state index contributed by atoms with van der Waals surface area (Å²) >= 11 is 0. The maximum atomic E-state index is 9.15. The van der Waals surface area contributed by atoms with Crippen molar-refractivity contribution in [3.05, 3.63) is 24.0 Å². The standard InChI is InChI=1S/C12H18N2O2/c1-2-12-9-14(5-6-16-12)8-10-3-4-11(15)7-13-10/h3-4,7,12,15H,2,5-6,8-9H2,1H3. The maximum absolute atomic E-state index is 9.15. The lowest BCUT2D eigenvalue weighted by atomic mass is 10.2. The summed E-state index contributed by atoms with van der Waals surface area (Å²) in [5, 5.41) is 9.15. The minimum absolute atomic E-state index is 0.220. The van der Waals surface area contributed by atoms with Crippen molar-refractivity contribution in [3.8, 4) is 5.75 Å². The molecule has 1 aromatic rings. The van der Waals surface area contributed by atoms with E-state index in [9.17, 15) is 0 Å². The monoisotopic (exact) mass is 222 g/mol. The van der Waals surface area contributed by atoms with E-state index in [4.69, 9.17) is 9.84 Å². The normalized spacial score (nSPS) is 22.2. The topological polar surface area (TPSA) is 45.6 Å². The zero-order chi connectivity index (χ0) is 11.4. The fourth-order valence-corrected chi connectivity index (χ4v) is 1.91. The van der Waals surface area contributed by atoms with Gasteiger partial charge in [0.05, 0.1) is 24.6 Å². The number of hydrogen-bond acceptors (Lipinski definition) is 4. The van der Waals surface area contributed by atoms with Crippen LogP contribution in [0.15, 0.2) is 18.3 Å². The van der Waals surface area contributed by atoms with Crippen LogP contribution < -0.4 is 0 Å². The maximum Gasteiger partial charge on any atom is 0.133 e. The summed E-state index contributed by atoms with van der Waals surface area (Å²) in [4.78, 5) is 6.54. The van der Waals surface area contributed by atoms with Crippen LogP contribution in [-0.4, -0.2) is 40.8 Å². The van der Waals surface area contributed by atoms with Crippen molar-refractivity contribution in [3.63, 3.8) is 0 Å². The van der Waals surface area contributed by atoms with Gasteiger partial charge < -0.3 is 9.84 Å². The summed E-state index contributed by atoms with van der Waals surface area (Å²) in [5.41, 5.74) is 0.995.